The molecule has 0 aliphatic carbocycles. The van der Waals surface area contributed by atoms with Crippen LogP contribution in [0.15, 0.2) is 6.07 Å². The van der Waals surface area contributed by atoms with E-state index in [1.807, 2.05) is 13.0 Å². The normalized spacial score (nSPS) is 22.2. The smallest absolute Gasteiger partial charge is 0.222 e. The second-order valence-corrected chi connectivity index (χ2v) is 7.07. The van der Waals surface area contributed by atoms with Gasteiger partial charge in [0.15, 0.2) is 0 Å². The predicted molar refractivity (Wildman–Crippen MR) is 97.2 cm³/mol. The Labute approximate surface area is 145 Å². The van der Waals surface area contributed by atoms with Crippen molar-refractivity contribution in [2.45, 2.75) is 64.0 Å². The Hall–Kier alpha value is -1.40. The number of nitrogens with zero attached hydrogens (tertiary/aromatic N) is 3. The van der Waals surface area contributed by atoms with Crippen molar-refractivity contribution in [3.05, 3.63) is 11.8 Å². The highest BCUT2D eigenvalue weighted by Crippen LogP contribution is 2.20. The average Bonchev–Trinajstić information content (AvgIpc) is 3.07. The van der Waals surface area contributed by atoms with E-state index in [9.17, 15) is 0 Å². The van der Waals surface area contributed by atoms with Crippen molar-refractivity contribution in [3.8, 4) is 0 Å². The summed E-state index contributed by atoms with van der Waals surface area (Å²) >= 11 is 0. The molecular formula is C18H31N5O. The quantitative estimate of drug-likeness (QED) is 0.746. The Morgan fingerprint density at radius 2 is 2.08 bits per heavy atom. The molecule has 6 heteroatoms. The van der Waals surface area contributed by atoms with Gasteiger partial charge in [-0.25, -0.2) is 4.98 Å². The standard InChI is InChI=1S/C18H31N5O/c1-14-13-17(22-18(19)21-14)23-10-7-15(8-11-23)20-9-3-2-5-16-6-4-12-24-16/h13,15-16,20H,2-12H2,1H3,(H2,19,21,22)/t16-/m0/s1. The molecule has 1 atom stereocenters. The molecule has 2 fully saturated rings. The molecule has 0 unspecified atom stereocenters. The number of rotatable bonds is 7. The molecule has 3 N–H and O–H groups in total. The number of piperidine rings is 1. The molecule has 6 nitrogen and oxygen atoms in total. The summed E-state index contributed by atoms with van der Waals surface area (Å²) < 4.78 is 5.67. The number of aryl methyl sites for hydroxylation is 1. The van der Waals surface area contributed by atoms with Gasteiger partial charge in [0.05, 0.1) is 6.10 Å². The van der Waals surface area contributed by atoms with Gasteiger partial charge in [0.1, 0.15) is 5.82 Å². The highest BCUT2D eigenvalue weighted by molar-refractivity contribution is 5.43. The summed E-state index contributed by atoms with van der Waals surface area (Å²) in [4.78, 5) is 10.8. The van der Waals surface area contributed by atoms with Crippen molar-refractivity contribution >= 4 is 11.8 Å². The molecule has 3 rings (SSSR count). The third-order valence-corrected chi connectivity index (χ3v) is 5.09. The number of ether oxygens (including phenoxy) is 1. The maximum atomic E-state index is 5.76. The van der Waals surface area contributed by atoms with Crippen molar-refractivity contribution in [2.75, 3.05) is 36.9 Å². The van der Waals surface area contributed by atoms with Crippen LogP contribution in [0.25, 0.3) is 0 Å². The average molecular weight is 333 g/mol. The van der Waals surface area contributed by atoms with Gasteiger partial charge in [-0.15, -0.1) is 0 Å². The van der Waals surface area contributed by atoms with E-state index < -0.39 is 0 Å². The van der Waals surface area contributed by atoms with E-state index in [1.165, 1.54) is 32.1 Å². The number of hydrogen-bond donors (Lipinski definition) is 2. The lowest BCUT2D eigenvalue weighted by molar-refractivity contribution is 0.102. The Morgan fingerprint density at radius 3 is 2.79 bits per heavy atom. The second-order valence-electron chi connectivity index (χ2n) is 7.07. The summed E-state index contributed by atoms with van der Waals surface area (Å²) in [5.41, 5.74) is 6.70. The maximum absolute atomic E-state index is 5.76. The molecule has 0 radical (unpaired) electrons. The van der Waals surface area contributed by atoms with Crippen LogP contribution in [0.2, 0.25) is 0 Å². The Balaban J connectivity index is 1.31. The van der Waals surface area contributed by atoms with Gasteiger partial charge in [-0.3, -0.25) is 0 Å². The molecule has 1 aromatic heterocycles. The number of nitrogen functional groups attached to an aromatic ring is 1. The highest BCUT2D eigenvalue weighted by atomic mass is 16.5. The van der Waals surface area contributed by atoms with Crippen molar-refractivity contribution in [1.82, 2.24) is 15.3 Å². The number of nitrogens with two attached hydrogens (primary N) is 1. The molecule has 0 spiro atoms. The first-order valence-corrected chi connectivity index (χ1v) is 9.42. The van der Waals surface area contributed by atoms with Crippen LogP contribution in [0.3, 0.4) is 0 Å². The number of aromatic nitrogens is 2. The first kappa shape index (κ1) is 17.4. The van der Waals surface area contributed by atoms with Crippen LogP contribution in [0.4, 0.5) is 11.8 Å². The minimum atomic E-state index is 0.372. The van der Waals surface area contributed by atoms with Crippen LogP contribution in [0, 0.1) is 6.92 Å². The topological polar surface area (TPSA) is 76.3 Å². The third kappa shape index (κ3) is 5.05. The van der Waals surface area contributed by atoms with Crippen molar-refractivity contribution in [3.63, 3.8) is 0 Å². The van der Waals surface area contributed by atoms with Gasteiger partial charge < -0.3 is 20.7 Å². The van der Waals surface area contributed by atoms with E-state index >= 15 is 0 Å². The van der Waals surface area contributed by atoms with E-state index in [0.717, 1.165) is 50.6 Å². The van der Waals surface area contributed by atoms with Crippen LogP contribution >= 0.6 is 0 Å². The lowest BCUT2D eigenvalue weighted by atomic mass is 10.0. The second kappa shape index (κ2) is 8.62. The zero-order valence-corrected chi connectivity index (χ0v) is 14.8. The zero-order valence-electron chi connectivity index (χ0n) is 14.8. The molecule has 1 aromatic rings. The molecule has 24 heavy (non-hydrogen) atoms. The number of unbranched alkanes of at least 4 members (excludes halogenated alkanes) is 1. The lowest BCUT2D eigenvalue weighted by Gasteiger charge is -2.33. The van der Waals surface area contributed by atoms with Crippen LogP contribution in [-0.4, -0.2) is 48.4 Å². The molecule has 2 saturated heterocycles. The van der Waals surface area contributed by atoms with Crippen LogP contribution in [0.5, 0.6) is 0 Å². The first-order chi connectivity index (χ1) is 11.7. The summed E-state index contributed by atoms with van der Waals surface area (Å²) in [5, 5.41) is 3.72. The summed E-state index contributed by atoms with van der Waals surface area (Å²) in [5.74, 6) is 1.34. The lowest BCUT2D eigenvalue weighted by Crippen LogP contribution is -2.43. The van der Waals surface area contributed by atoms with Crippen molar-refractivity contribution in [2.24, 2.45) is 0 Å². The van der Waals surface area contributed by atoms with Gasteiger partial charge >= 0.3 is 0 Å². The van der Waals surface area contributed by atoms with E-state index in [1.54, 1.807) is 0 Å². The molecular weight excluding hydrogens is 302 g/mol. The zero-order chi connectivity index (χ0) is 16.8. The Bertz CT molecular complexity index is 490. The number of nitrogens with one attached hydrogen (secondary N) is 1. The summed E-state index contributed by atoms with van der Waals surface area (Å²) in [6, 6.07) is 2.65. The van der Waals surface area contributed by atoms with Gasteiger partial charge in [0.25, 0.3) is 0 Å². The molecule has 0 bridgehead atoms. The van der Waals surface area contributed by atoms with Gasteiger partial charge in [-0.1, -0.05) is 0 Å². The van der Waals surface area contributed by atoms with Crippen molar-refractivity contribution < 1.29 is 4.74 Å². The minimum absolute atomic E-state index is 0.372. The van der Waals surface area contributed by atoms with Gasteiger partial charge in [0.2, 0.25) is 5.95 Å². The largest absolute Gasteiger partial charge is 0.378 e. The number of hydrogen-bond acceptors (Lipinski definition) is 6. The van der Waals surface area contributed by atoms with Gasteiger partial charge in [-0.2, -0.15) is 4.98 Å². The van der Waals surface area contributed by atoms with Gasteiger partial charge in [0, 0.05) is 37.5 Å². The van der Waals surface area contributed by atoms with E-state index in [-0.39, 0.29) is 0 Å². The monoisotopic (exact) mass is 333 g/mol. The summed E-state index contributed by atoms with van der Waals surface area (Å²) in [6.07, 6.45) is 9.13. The molecule has 0 saturated carbocycles. The highest BCUT2D eigenvalue weighted by Gasteiger charge is 2.20. The molecule has 2 aliphatic heterocycles. The summed E-state index contributed by atoms with van der Waals surface area (Å²) in [6.45, 7) is 6.12. The number of anilines is 2. The summed E-state index contributed by atoms with van der Waals surface area (Å²) in [7, 11) is 0. The third-order valence-electron chi connectivity index (χ3n) is 5.09. The van der Waals surface area contributed by atoms with Gasteiger partial charge in [-0.05, 0) is 58.4 Å². The molecule has 2 aliphatic rings. The predicted octanol–water partition coefficient (Wildman–Crippen LogP) is 2.27. The van der Waals surface area contributed by atoms with Crippen LogP contribution in [0.1, 0.15) is 50.6 Å². The molecule has 3 heterocycles. The Kier molecular flexibility index (Phi) is 6.26. The van der Waals surface area contributed by atoms with Crippen molar-refractivity contribution in [1.29, 1.82) is 0 Å². The fraction of sp³-hybridized carbons (Fsp3) is 0.778. The molecule has 134 valence electrons. The first-order valence-electron chi connectivity index (χ1n) is 9.42. The maximum Gasteiger partial charge on any atom is 0.222 e. The van der Waals surface area contributed by atoms with Crippen LogP contribution < -0.4 is 16.0 Å². The fourth-order valence-electron chi connectivity index (χ4n) is 3.72. The molecule has 0 amide bonds. The van der Waals surface area contributed by atoms with E-state index in [0.29, 0.717) is 18.1 Å². The Morgan fingerprint density at radius 1 is 1.25 bits per heavy atom. The fourth-order valence-corrected chi connectivity index (χ4v) is 3.72. The van der Waals surface area contributed by atoms with E-state index in [4.69, 9.17) is 10.5 Å². The SMILES string of the molecule is Cc1cc(N2CCC(NCCCC[C@H]3CCCO3)CC2)nc(N)n1. The molecule has 0 aromatic carbocycles. The minimum Gasteiger partial charge on any atom is -0.378 e. The van der Waals surface area contributed by atoms with Crippen LogP contribution in [-0.2, 0) is 4.74 Å². The van der Waals surface area contributed by atoms with E-state index in [2.05, 4.69) is 20.2 Å².